The Hall–Kier alpha value is -2.73. The van der Waals surface area contributed by atoms with Crippen molar-refractivity contribution in [1.29, 1.82) is 0 Å². The Balaban J connectivity index is 1.49. The zero-order chi connectivity index (χ0) is 19.5. The minimum Gasteiger partial charge on any atom is -0.486 e. The van der Waals surface area contributed by atoms with Crippen molar-refractivity contribution < 1.29 is 18.3 Å². The zero-order valence-electron chi connectivity index (χ0n) is 15.4. The Kier molecular flexibility index (Phi) is 5.39. The third kappa shape index (κ3) is 4.07. The van der Waals surface area contributed by atoms with Gasteiger partial charge in [-0.05, 0) is 55.0 Å². The number of thioether (sulfide) groups is 1. The van der Waals surface area contributed by atoms with E-state index >= 15 is 0 Å². The number of rotatable bonds is 4. The van der Waals surface area contributed by atoms with Gasteiger partial charge in [0.1, 0.15) is 23.9 Å². The summed E-state index contributed by atoms with van der Waals surface area (Å²) in [6.07, 6.45) is 0.909. The molecule has 0 spiro atoms. The van der Waals surface area contributed by atoms with Gasteiger partial charge >= 0.3 is 0 Å². The first-order valence-corrected chi connectivity index (χ1v) is 10.0. The molecule has 0 radical (unpaired) electrons. The van der Waals surface area contributed by atoms with Crippen LogP contribution in [0.3, 0.4) is 0 Å². The van der Waals surface area contributed by atoms with E-state index in [0.29, 0.717) is 23.3 Å². The summed E-state index contributed by atoms with van der Waals surface area (Å²) >= 11 is 1.79. The minimum atomic E-state index is -0.316. The van der Waals surface area contributed by atoms with Crippen molar-refractivity contribution in [2.24, 2.45) is 0 Å². The molecule has 0 saturated carbocycles. The molecule has 28 heavy (non-hydrogen) atoms. The molecule has 0 aliphatic carbocycles. The average Bonchev–Trinajstić information content (AvgIpc) is 3.10. The standard InChI is InChI=1S/C22H20FNO3S/c1-15-12-13-24(19-4-2-3-5-21(19)28-15)22(25)20-11-10-18(27-20)14-26-17-8-6-16(23)7-9-17/h2-11,15H,12-14H2,1H3. The fourth-order valence-corrected chi connectivity index (χ4v) is 4.20. The highest BCUT2D eigenvalue weighted by Crippen LogP contribution is 2.37. The molecule has 6 heteroatoms. The van der Waals surface area contributed by atoms with Gasteiger partial charge < -0.3 is 14.1 Å². The third-order valence-electron chi connectivity index (χ3n) is 4.56. The van der Waals surface area contributed by atoms with Crippen LogP contribution in [0.25, 0.3) is 0 Å². The number of amides is 1. The molecule has 1 aliphatic heterocycles. The number of carbonyl (C=O) groups is 1. The number of hydrogen-bond donors (Lipinski definition) is 0. The number of ether oxygens (including phenoxy) is 1. The minimum absolute atomic E-state index is 0.157. The van der Waals surface area contributed by atoms with Crippen molar-refractivity contribution in [2.75, 3.05) is 11.4 Å². The number of anilines is 1. The van der Waals surface area contributed by atoms with E-state index in [1.807, 2.05) is 24.3 Å². The van der Waals surface area contributed by atoms with Crippen LogP contribution >= 0.6 is 11.8 Å². The highest BCUT2D eigenvalue weighted by atomic mass is 32.2. The van der Waals surface area contributed by atoms with Crippen molar-refractivity contribution in [3.05, 3.63) is 78.0 Å². The molecule has 3 aromatic rings. The lowest BCUT2D eigenvalue weighted by Gasteiger charge is -2.21. The number of para-hydroxylation sites is 1. The van der Waals surface area contributed by atoms with E-state index in [1.54, 1.807) is 40.9 Å². The lowest BCUT2D eigenvalue weighted by Crippen LogP contribution is -2.32. The molecule has 2 aromatic carbocycles. The molecule has 1 unspecified atom stereocenters. The van der Waals surface area contributed by atoms with Gasteiger partial charge in [-0.2, -0.15) is 0 Å². The second-order valence-corrected chi connectivity index (χ2v) is 8.13. The molecule has 144 valence electrons. The summed E-state index contributed by atoms with van der Waals surface area (Å²) in [5.74, 6) is 0.891. The van der Waals surface area contributed by atoms with Crippen LogP contribution in [0.5, 0.6) is 5.75 Å². The third-order valence-corrected chi connectivity index (χ3v) is 5.79. The van der Waals surface area contributed by atoms with Gasteiger partial charge in [-0.3, -0.25) is 4.79 Å². The van der Waals surface area contributed by atoms with Gasteiger partial charge in [0, 0.05) is 16.7 Å². The van der Waals surface area contributed by atoms with Crippen molar-refractivity contribution in [3.8, 4) is 5.75 Å². The fraction of sp³-hybridized carbons (Fsp3) is 0.227. The number of hydrogen-bond acceptors (Lipinski definition) is 4. The summed E-state index contributed by atoms with van der Waals surface area (Å²) < 4.78 is 24.3. The van der Waals surface area contributed by atoms with Crippen molar-refractivity contribution in [1.82, 2.24) is 0 Å². The SMILES string of the molecule is CC1CCN(C(=O)c2ccc(COc3ccc(F)cc3)o2)c2ccccc2S1. The maximum atomic E-state index is 13.1. The molecule has 1 atom stereocenters. The Morgan fingerprint density at radius 2 is 1.96 bits per heavy atom. The molecule has 4 rings (SSSR count). The van der Waals surface area contributed by atoms with E-state index in [1.165, 1.54) is 12.1 Å². The highest BCUT2D eigenvalue weighted by Gasteiger charge is 2.26. The van der Waals surface area contributed by atoms with Crippen LogP contribution in [0.4, 0.5) is 10.1 Å². The smallest absolute Gasteiger partial charge is 0.294 e. The summed E-state index contributed by atoms with van der Waals surface area (Å²) in [4.78, 5) is 16.0. The summed E-state index contributed by atoms with van der Waals surface area (Å²) in [6.45, 7) is 2.99. The summed E-state index contributed by atoms with van der Waals surface area (Å²) in [6, 6.07) is 17.1. The van der Waals surface area contributed by atoms with Gasteiger partial charge in [0.15, 0.2) is 5.76 Å². The number of carbonyl (C=O) groups excluding carboxylic acids is 1. The fourth-order valence-electron chi connectivity index (χ4n) is 3.09. The summed E-state index contributed by atoms with van der Waals surface area (Å²) in [5.41, 5.74) is 0.919. The van der Waals surface area contributed by atoms with Gasteiger partial charge in [0.2, 0.25) is 0 Å². The van der Waals surface area contributed by atoms with Crippen LogP contribution in [-0.2, 0) is 6.61 Å². The van der Waals surface area contributed by atoms with Crippen LogP contribution in [0, 0.1) is 5.82 Å². The summed E-state index contributed by atoms with van der Waals surface area (Å²) in [7, 11) is 0. The average molecular weight is 397 g/mol. The Morgan fingerprint density at radius 3 is 2.79 bits per heavy atom. The number of nitrogens with zero attached hydrogens (tertiary/aromatic N) is 1. The first-order valence-electron chi connectivity index (χ1n) is 9.15. The van der Waals surface area contributed by atoms with E-state index in [0.717, 1.165) is 17.0 Å². The van der Waals surface area contributed by atoms with Crippen LogP contribution < -0.4 is 9.64 Å². The molecular formula is C22H20FNO3S. The zero-order valence-corrected chi connectivity index (χ0v) is 16.2. The molecule has 1 aliphatic rings. The lowest BCUT2D eigenvalue weighted by molar-refractivity contribution is 0.0955. The second kappa shape index (κ2) is 8.10. The van der Waals surface area contributed by atoms with Gasteiger partial charge in [-0.15, -0.1) is 11.8 Å². The van der Waals surface area contributed by atoms with Crippen LogP contribution in [0.15, 0.2) is 70.0 Å². The number of benzene rings is 2. The molecule has 4 nitrogen and oxygen atoms in total. The predicted octanol–water partition coefficient (Wildman–Crippen LogP) is 5.53. The maximum Gasteiger partial charge on any atom is 0.294 e. The van der Waals surface area contributed by atoms with E-state index in [9.17, 15) is 9.18 Å². The molecular weight excluding hydrogens is 377 g/mol. The van der Waals surface area contributed by atoms with Gasteiger partial charge in [0.05, 0.1) is 5.69 Å². The molecule has 0 bridgehead atoms. The van der Waals surface area contributed by atoms with Crippen LogP contribution in [0.2, 0.25) is 0 Å². The Bertz CT molecular complexity index is 970. The Morgan fingerprint density at radius 1 is 1.18 bits per heavy atom. The molecule has 2 heterocycles. The molecule has 1 aromatic heterocycles. The topological polar surface area (TPSA) is 42.7 Å². The van der Waals surface area contributed by atoms with E-state index in [2.05, 4.69) is 6.92 Å². The maximum absolute atomic E-state index is 13.1. The lowest BCUT2D eigenvalue weighted by atomic mass is 10.2. The quantitative estimate of drug-likeness (QED) is 0.581. The second-order valence-electron chi connectivity index (χ2n) is 6.65. The first-order chi connectivity index (χ1) is 13.6. The van der Waals surface area contributed by atoms with Gasteiger partial charge in [-0.1, -0.05) is 19.1 Å². The van der Waals surface area contributed by atoms with Gasteiger partial charge in [-0.25, -0.2) is 4.39 Å². The Labute approximate surface area is 167 Å². The van der Waals surface area contributed by atoms with E-state index < -0.39 is 0 Å². The summed E-state index contributed by atoms with van der Waals surface area (Å²) in [5, 5.41) is 0.440. The van der Waals surface area contributed by atoms with E-state index in [4.69, 9.17) is 9.15 Å². The van der Waals surface area contributed by atoms with Gasteiger partial charge in [0.25, 0.3) is 5.91 Å². The molecule has 0 N–H and O–H groups in total. The number of fused-ring (bicyclic) bond motifs is 1. The van der Waals surface area contributed by atoms with Crippen molar-refractivity contribution in [3.63, 3.8) is 0 Å². The molecule has 1 amide bonds. The number of furan rings is 1. The highest BCUT2D eigenvalue weighted by molar-refractivity contribution is 8.00. The van der Waals surface area contributed by atoms with Crippen molar-refractivity contribution in [2.45, 2.75) is 30.1 Å². The molecule has 0 fully saturated rings. The largest absolute Gasteiger partial charge is 0.486 e. The van der Waals surface area contributed by atoms with Crippen molar-refractivity contribution >= 4 is 23.4 Å². The monoisotopic (exact) mass is 397 g/mol. The van der Waals surface area contributed by atoms with E-state index in [-0.39, 0.29) is 24.1 Å². The normalized spacial score (nSPS) is 16.4. The predicted molar refractivity (Wildman–Crippen MR) is 107 cm³/mol. The van der Waals surface area contributed by atoms with Crippen LogP contribution in [0.1, 0.15) is 29.7 Å². The van der Waals surface area contributed by atoms with Crippen LogP contribution in [-0.4, -0.2) is 17.7 Å². The first kappa shape index (κ1) is 18.6. The number of halogens is 1. The molecule has 0 saturated heterocycles.